The number of nitrogens with two attached hydrogens (primary N) is 1. The molecule has 0 spiro atoms. The maximum absolute atomic E-state index is 12.6. The molecule has 22 heavy (non-hydrogen) atoms. The summed E-state index contributed by atoms with van der Waals surface area (Å²) in [5.74, 6) is -1.42. The molecule has 0 radical (unpaired) electrons. The summed E-state index contributed by atoms with van der Waals surface area (Å²) in [6, 6.07) is 0. The van der Waals surface area contributed by atoms with Crippen molar-refractivity contribution in [1.82, 2.24) is 9.21 Å². The van der Waals surface area contributed by atoms with Gasteiger partial charge >= 0.3 is 0 Å². The van der Waals surface area contributed by atoms with Crippen molar-refractivity contribution < 1.29 is 22.7 Å². The van der Waals surface area contributed by atoms with Gasteiger partial charge in [-0.1, -0.05) is 0 Å². The Morgan fingerprint density at radius 1 is 1.09 bits per heavy atom. The van der Waals surface area contributed by atoms with Crippen molar-refractivity contribution in [2.45, 2.75) is 12.8 Å². The van der Waals surface area contributed by atoms with Crippen LogP contribution in [0.15, 0.2) is 0 Å². The van der Waals surface area contributed by atoms with E-state index in [1.165, 1.54) is 4.31 Å². The van der Waals surface area contributed by atoms with Gasteiger partial charge in [0, 0.05) is 45.3 Å². The lowest BCUT2D eigenvalue weighted by Crippen LogP contribution is -2.43. The van der Waals surface area contributed by atoms with Crippen molar-refractivity contribution in [1.29, 1.82) is 0 Å². The van der Waals surface area contributed by atoms with E-state index in [1.807, 2.05) is 0 Å². The van der Waals surface area contributed by atoms with Crippen LogP contribution < -0.4 is 5.73 Å². The maximum atomic E-state index is 12.6. The maximum Gasteiger partial charge on any atom is 0.225 e. The van der Waals surface area contributed by atoms with Crippen molar-refractivity contribution in [3.8, 4) is 0 Å². The molecule has 1 atom stereocenters. The average molecular weight is 333 g/mol. The highest BCUT2D eigenvalue weighted by Gasteiger charge is 2.34. The molecular weight excluding hydrogens is 310 g/mol. The standard InChI is InChI=1S/C13H23N3O5S/c1-22(19,20)16-5-4-15(8-11(9-16)12(14)17)13(18)10-2-6-21-7-3-10/h10-11H,2-9H2,1H3,(H2,14,17). The summed E-state index contributed by atoms with van der Waals surface area (Å²) < 4.78 is 30.0. The van der Waals surface area contributed by atoms with Crippen LogP contribution in [0.25, 0.3) is 0 Å². The van der Waals surface area contributed by atoms with Gasteiger partial charge in [0.05, 0.1) is 12.2 Å². The first-order valence-electron chi connectivity index (χ1n) is 7.40. The van der Waals surface area contributed by atoms with E-state index in [-0.39, 0.29) is 38.0 Å². The zero-order chi connectivity index (χ0) is 16.3. The Labute approximate surface area is 130 Å². The normalized spacial score (nSPS) is 25.7. The summed E-state index contributed by atoms with van der Waals surface area (Å²) in [5.41, 5.74) is 5.36. The van der Waals surface area contributed by atoms with Crippen LogP contribution in [-0.4, -0.2) is 75.1 Å². The molecule has 0 aromatic heterocycles. The van der Waals surface area contributed by atoms with Crippen molar-refractivity contribution in [2.75, 3.05) is 45.6 Å². The average Bonchev–Trinajstić information content (AvgIpc) is 2.70. The lowest BCUT2D eigenvalue weighted by Gasteiger charge is -2.29. The molecule has 126 valence electrons. The lowest BCUT2D eigenvalue weighted by molar-refractivity contribution is -0.139. The van der Waals surface area contributed by atoms with Gasteiger partial charge in [0.2, 0.25) is 21.8 Å². The number of rotatable bonds is 3. The summed E-state index contributed by atoms with van der Waals surface area (Å²) in [5, 5.41) is 0. The monoisotopic (exact) mass is 333 g/mol. The zero-order valence-corrected chi connectivity index (χ0v) is 13.5. The Morgan fingerprint density at radius 3 is 2.27 bits per heavy atom. The summed E-state index contributed by atoms with van der Waals surface area (Å²) in [6.07, 6.45) is 2.42. The van der Waals surface area contributed by atoms with Crippen LogP contribution in [0.2, 0.25) is 0 Å². The third-order valence-electron chi connectivity index (χ3n) is 4.24. The molecule has 0 aliphatic carbocycles. The van der Waals surface area contributed by atoms with E-state index >= 15 is 0 Å². The number of ether oxygens (including phenoxy) is 1. The van der Waals surface area contributed by atoms with Gasteiger partial charge in [-0.2, -0.15) is 4.31 Å². The molecule has 0 saturated carbocycles. The summed E-state index contributed by atoms with van der Waals surface area (Å²) in [6.45, 7) is 1.80. The molecular formula is C13H23N3O5S. The third kappa shape index (κ3) is 4.17. The van der Waals surface area contributed by atoms with E-state index < -0.39 is 21.8 Å². The van der Waals surface area contributed by atoms with Crippen LogP contribution in [0.5, 0.6) is 0 Å². The Morgan fingerprint density at radius 2 is 1.73 bits per heavy atom. The van der Waals surface area contributed by atoms with E-state index in [9.17, 15) is 18.0 Å². The van der Waals surface area contributed by atoms with Crippen LogP contribution in [0.4, 0.5) is 0 Å². The predicted octanol–water partition coefficient (Wildman–Crippen LogP) is -1.38. The number of sulfonamides is 1. The summed E-state index contributed by atoms with van der Waals surface area (Å²) >= 11 is 0. The van der Waals surface area contributed by atoms with Gasteiger partial charge < -0.3 is 15.4 Å². The zero-order valence-electron chi connectivity index (χ0n) is 12.7. The van der Waals surface area contributed by atoms with Gasteiger partial charge in [-0.25, -0.2) is 8.42 Å². The molecule has 2 aliphatic rings. The highest BCUT2D eigenvalue weighted by Crippen LogP contribution is 2.20. The Kier molecular flexibility index (Phi) is 5.41. The number of hydrogen-bond acceptors (Lipinski definition) is 5. The minimum atomic E-state index is -3.42. The van der Waals surface area contributed by atoms with E-state index in [0.29, 0.717) is 26.1 Å². The van der Waals surface area contributed by atoms with E-state index in [4.69, 9.17) is 10.5 Å². The number of nitrogens with zero attached hydrogens (tertiary/aromatic N) is 2. The van der Waals surface area contributed by atoms with Crippen molar-refractivity contribution in [3.05, 3.63) is 0 Å². The molecule has 2 N–H and O–H groups in total. The topological polar surface area (TPSA) is 110 Å². The second-order valence-electron chi connectivity index (χ2n) is 5.89. The molecule has 0 aromatic carbocycles. The molecule has 8 nitrogen and oxygen atoms in total. The van der Waals surface area contributed by atoms with Crippen molar-refractivity contribution in [2.24, 2.45) is 17.6 Å². The fourth-order valence-electron chi connectivity index (χ4n) is 2.87. The lowest BCUT2D eigenvalue weighted by atomic mass is 9.98. The van der Waals surface area contributed by atoms with Crippen molar-refractivity contribution >= 4 is 21.8 Å². The van der Waals surface area contributed by atoms with Gasteiger partial charge in [-0.3, -0.25) is 9.59 Å². The second kappa shape index (κ2) is 6.93. The second-order valence-corrected chi connectivity index (χ2v) is 7.87. The third-order valence-corrected chi connectivity index (χ3v) is 5.51. The molecule has 2 heterocycles. The first-order valence-corrected chi connectivity index (χ1v) is 9.25. The number of carbonyl (C=O) groups excluding carboxylic acids is 2. The van der Waals surface area contributed by atoms with Gasteiger partial charge in [-0.15, -0.1) is 0 Å². The summed E-state index contributed by atoms with van der Waals surface area (Å²) in [4.78, 5) is 25.7. The molecule has 2 rings (SSSR count). The van der Waals surface area contributed by atoms with Crippen molar-refractivity contribution in [3.63, 3.8) is 0 Å². The van der Waals surface area contributed by atoms with Crippen LogP contribution >= 0.6 is 0 Å². The SMILES string of the molecule is CS(=O)(=O)N1CCN(C(=O)C2CCOCC2)CC(C(N)=O)C1. The molecule has 2 fully saturated rings. The van der Waals surface area contributed by atoms with E-state index in [1.54, 1.807) is 4.90 Å². The first-order chi connectivity index (χ1) is 10.3. The number of hydrogen-bond donors (Lipinski definition) is 1. The minimum absolute atomic E-state index is 0.0335. The number of amides is 2. The Balaban J connectivity index is 2.12. The fourth-order valence-corrected chi connectivity index (χ4v) is 3.73. The number of primary amides is 1. The quantitative estimate of drug-likeness (QED) is 0.684. The summed E-state index contributed by atoms with van der Waals surface area (Å²) in [7, 11) is -3.42. The van der Waals surface area contributed by atoms with Crippen LogP contribution in [0, 0.1) is 11.8 Å². The number of carbonyl (C=O) groups is 2. The highest BCUT2D eigenvalue weighted by molar-refractivity contribution is 7.88. The van der Waals surface area contributed by atoms with E-state index in [2.05, 4.69) is 0 Å². The molecule has 1 unspecified atom stereocenters. The van der Waals surface area contributed by atoms with E-state index in [0.717, 1.165) is 6.26 Å². The fraction of sp³-hybridized carbons (Fsp3) is 0.846. The molecule has 2 saturated heterocycles. The molecule has 2 amide bonds. The first kappa shape index (κ1) is 17.2. The van der Waals surface area contributed by atoms with Gasteiger partial charge in [0.1, 0.15) is 0 Å². The smallest absolute Gasteiger partial charge is 0.225 e. The van der Waals surface area contributed by atoms with Gasteiger partial charge in [0.15, 0.2) is 0 Å². The Bertz CT molecular complexity index is 530. The Hall–Kier alpha value is -1.19. The van der Waals surface area contributed by atoms with Crippen LogP contribution in [-0.2, 0) is 24.3 Å². The largest absolute Gasteiger partial charge is 0.381 e. The highest BCUT2D eigenvalue weighted by atomic mass is 32.2. The predicted molar refractivity (Wildman–Crippen MR) is 79.2 cm³/mol. The van der Waals surface area contributed by atoms with Crippen LogP contribution in [0.1, 0.15) is 12.8 Å². The molecule has 2 aliphatic heterocycles. The molecule has 0 aromatic rings. The molecule has 9 heteroatoms. The minimum Gasteiger partial charge on any atom is -0.381 e. The van der Waals surface area contributed by atoms with Crippen LogP contribution in [0.3, 0.4) is 0 Å². The van der Waals surface area contributed by atoms with Gasteiger partial charge in [-0.05, 0) is 12.8 Å². The van der Waals surface area contributed by atoms with Gasteiger partial charge in [0.25, 0.3) is 0 Å². The molecule has 0 bridgehead atoms.